The molecule has 39 heavy (non-hydrogen) atoms. The Labute approximate surface area is 234 Å². The van der Waals surface area contributed by atoms with Crippen molar-refractivity contribution in [1.29, 1.82) is 0 Å². The lowest BCUT2D eigenvalue weighted by Gasteiger charge is -2.69. The average Bonchev–Trinajstić information content (AvgIpc) is 2.87. The number of ketones is 1. The Morgan fingerprint density at radius 2 is 1.56 bits per heavy atom. The van der Waals surface area contributed by atoms with Crippen molar-refractivity contribution >= 4 is 17.7 Å². The Kier molecular flexibility index (Phi) is 6.16. The second-order valence-electron chi connectivity index (χ2n) is 15.5. The first-order valence-corrected chi connectivity index (χ1v) is 14.8. The van der Waals surface area contributed by atoms with Crippen molar-refractivity contribution in [3.05, 3.63) is 23.0 Å². The predicted molar refractivity (Wildman–Crippen MR) is 148 cm³/mol. The van der Waals surface area contributed by atoms with E-state index in [-0.39, 0.29) is 51.5 Å². The van der Waals surface area contributed by atoms with Crippen LogP contribution in [0.25, 0.3) is 0 Å². The van der Waals surface area contributed by atoms with Crippen LogP contribution in [-0.4, -0.2) is 37.0 Å². The van der Waals surface area contributed by atoms with E-state index in [1.807, 2.05) is 26.8 Å². The fourth-order valence-electron chi connectivity index (χ4n) is 10.7. The highest BCUT2D eigenvalue weighted by atomic mass is 16.5. The molecule has 0 aromatic carbocycles. The van der Waals surface area contributed by atoms with Gasteiger partial charge in [-0.25, -0.2) is 4.79 Å². The Hall–Kier alpha value is -2.11. The lowest BCUT2D eigenvalue weighted by atomic mass is 9.33. The zero-order chi connectivity index (χ0) is 29.0. The van der Waals surface area contributed by atoms with Crippen molar-refractivity contribution in [1.82, 2.24) is 0 Å². The third-order valence-corrected chi connectivity index (χ3v) is 13.3. The molecule has 0 bridgehead atoms. The molecule has 0 aliphatic heterocycles. The van der Waals surface area contributed by atoms with Crippen LogP contribution in [0, 0.1) is 50.2 Å². The molecule has 6 nitrogen and oxygen atoms in total. The number of esters is 2. The molecule has 8 atom stereocenters. The van der Waals surface area contributed by atoms with E-state index in [4.69, 9.17) is 9.47 Å². The van der Waals surface area contributed by atoms with Gasteiger partial charge in [0, 0.05) is 11.3 Å². The van der Waals surface area contributed by atoms with E-state index < -0.39 is 22.2 Å². The first-order valence-electron chi connectivity index (χ1n) is 14.8. The zero-order valence-corrected chi connectivity index (χ0v) is 25.5. The molecule has 5 aliphatic carbocycles. The number of methoxy groups -OCH3 is 2. The van der Waals surface area contributed by atoms with Crippen LogP contribution in [0.3, 0.4) is 0 Å². The van der Waals surface area contributed by atoms with Crippen LogP contribution in [-0.2, 0) is 23.9 Å². The molecular formula is C33H48O6. The molecule has 0 amide bonds. The van der Waals surface area contributed by atoms with Gasteiger partial charge in [-0.05, 0) is 97.9 Å². The van der Waals surface area contributed by atoms with Crippen LogP contribution >= 0.6 is 0 Å². The van der Waals surface area contributed by atoms with Crippen LogP contribution in [0.15, 0.2) is 23.0 Å². The summed E-state index contributed by atoms with van der Waals surface area (Å²) in [6, 6.07) is 0. The summed E-state index contributed by atoms with van der Waals surface area (Å²) >= 11 is 0. The SMILES string of the molecule is COC(=O)C1=C(O)C(C)(C)C2CC[C@]3(C)C(C(=O)C=C4C5C[C@@](C)(C(=O)OC)CC[C@]5(C)CC[C@]43C)[C@@]2(C)C1. The molecule has 0 spiro atoms. The van der Waals surface area contributed by atoms with Crippen LogP contribution in [0.1, 0.15) is 99.8 Å². The van der Waals surface area contributed by atoms with Gasteiger partial charge in [-0.1, -0.05) is 47.1 Å². The molecule has 0 radical (unpaired) electrons. The quantitative estimate of drug-likeness (QED) is 0.390. The minimum Gasteiger partial charge on any atom is -0.511 e. The average molecular weight is 541 g/mol. The normalized spacial score (nSPS) is 46.6. The zero-order valence-electron chi connectivity index (χ0n) is 25.5. The molecule has 3 unspecified atom stereocenters. The maximum absolute atomic E-state index is 14.5. The Morgan fingerprint density at radius 3 is 2.18 bits per heavy atom. The summed E-state index contributed by atoms with van der Waals surface area (Å²) in [5, 5.41) is 11.2. The maximum Gasteiger partial charge on any atom is 0.337 e. The van der Waals surface area contributed by atoms with E-state index in [1.54, 1.807) is 0 Å². The summed E-state index contributed by atoms with van der Waals surface area (Å²) in [6.45, 7) is 15.3. The van der Waals surface area contributed by atoms with Gasteiger partial charge in [0.1, 0.15) is 5.76 Å². The number of rotatable bonds is 2. The molecular weight excluding hydrogens is 492 g/mol. The van der Waals surface area contributed by atoms with E-state index in [0.29, 0.717) is 18.4 Å². The summed E-state index contributed by atoms with van der Waals surface area (Å²) in [5.41, 5.74) is -0.575. The Bertz CT molecular complexity index is 1190. The molecule has 0 aromatic rings. The highest BCUT2D eigenvalue weighted by Gasteiger charge is 2.70. The topological polar surface area (TPSA) is 89.9 Å². The molecule has 0 saturated heterocycles. The molecule has 0 aromatic heterocycles. The first-order chi connectivity index (χ1) is 17.9. The third kappa shape index (κ3) is 3.48. The number of ether oxygens (including phenoxy) is 2. The van der Waals surface area contributed by atoms with Gasteiger partial charge < -0.3 is 14.6 Å². The van der Waals surface area contributed by atoms with Gasteiger partial charge in [-0.3, -0.25) is 9.59 Å². The highest BCUT2D eigenvalue weighted by molar-refractivity contribution is 5.96. The second kappa shape index (κ2) is 8.45. The lowest BCUT2D eigenvalue weighted by Crippen LogP contribution is -2.65. The van der Waals surface area contributed by atoms with E-state index >= 15 is 0 Å². The molecule has 5 aliphatic rings. The fraction of sp³-hybridized carbons (Fsp3) is 0.788. The van der Waals surface area contributed by atoms with Crippen molar-refractivity contribution in [3.8, 4) is 0 Å². The van der Waals surface area contributed by atoms with Crippen molar-refractivity contribution < 1.29 is 29.0 Å². The summed E-state index contributed by atoms with van der Waals surface area (Å²) in [7, 11) is 2.82. The minimum atomic E-state index is -0.639. The first kappa shape index (κ1) is 28.4. The molecule has 3 fully saturated rings. The summed E-state index contributed by atoms with van der Waals surface area (Å²) in [4.78, 5) is 40.2. The van der Waals surface area contributed by atoms with Crippen molar-refractivity contribution in [2.45, 2.75) is 99.8 Å². The lowest BCUT2D eigenvalue weighted by molar-refractivity contribution is -0.180. The van der Waals surface area contributed by atoms with Gasteiger partial charge in [0.15, 0.2) is 5.78 Å². The number of fused-ring (bicyclic) bond motifs is 7. The van der Waals surface area contributed by atoms with E-state index in [2.05, 4.69) is 27.7 Å². The number of aliphatic hydroxyl groups excluding tert-OH is 1. The minimum absolute atomic E-state index is 0.0584. The fourth-order valence-corrected chi connectivity index (χ4v) is 10.7. The van der Waals surface area contributed by atoms with Gasteiger partial charge in [0.2, 0.25) is 0 Å². The third-order valence-electron chi connectivity index (χ3n) is 13.3. The number of allylic oxidation sites excluding steroid dienone is 3. The van der Waals surface area contributed by atoms with E-state index in [9.17, 15) is 19.5 Å². The largest absolute Gasteiger partial charge is 0.511 e. The van der Waals surface area contributed by atoms with Crippen LogP contribution < -0.4 is 0 Å². The van der Waals surface area contributed by atoms with Crippen molar-refractivity contribution in [3.63, 3.8) is 0 Å². The smallest absolute Gasteiger partial charge is 0.337 e. The monoisotopic (exact) mass is 540 g/mol. The number of carbonyl (C=O) groups is 3. The van der Waals surface area contributed by atoms with E-state index in [1.165, 1.54) is 19.8 Å². The molecule has 5 rings (SSSR count). The van der Waals surface area contributed by atoms with Crippen molar-refractivity contribution in [2.24, 2.45) is 50.2 Å². The van der Waals surface area contributed by atoms with Crippen molar-refractivity contribution in [2.75, 3.05) is 14.2 Å². The summed E-state index contributed by atoms with van der Waals surface area (Å²) in [6.07, 6.45) is 8.63. The molecule has 0 heterocycles. The number of carbonyl (C=O) groups excluding carboxylic acids is 3. The summed E-state index contributed by atoms with van der Waals surface area (Å²) in [5.74, 6) is -0.454. The second-order valence-corrected chi connectivity index (χ2v) is 15.5. The van der Waals surface area contributed by atoms with Gasteiger partial charge in [-0.15, -0.1) is 0 Å². The standard InChI is InChI=1S/C33H48O6/c1-28(2)23-10-11-33(7)24(31(23,5)17-19(25(28)35)26(36)38-8)22(34)16-20-21-18-30(4,27(37)39-9)13-12-29(21,3)14-15-32(20,33)6/h16,21,23-24,35H,10-15,17-18H2,1-9H3/t21?,23?,24?,29-,30+,31+,32-,33-/m1/s1. The van der Waals surface area contributed by atoms with Gasteiger partial charge in [0.25, 0.3) is 0 Å². The van der Waals surface area contributed by atoms with Crippen LogP contribution in [0.5, 0.6) is 0 Å². The van der Waals surface area contributed by atoms with Gasteiger partial charge in [-0.2, -0.15) is 0 Å². The van der Waals surface area contributed by atoms with Crippen LogP contribution in [0.4, 0.5) is 0 Å². The number of hydrogen-bond donors (Lipinski definition) is 1. The van der Waals surface area contributed by atoms with Gasteiger partial charge >= 0.3 is 11.9 Å². The number of aliphatic hydroxyl groups is 1. The molecule has 6 heteroatoms. The molecule has 1 N–H and O–H groups in total. The predicted octanol–water partition coefficient (Wildman–Crippen LogP) is 6.74. The van der Waals surface area contributed by atoms with Crippen LogP contribution in [0.2, 0.25) is 0 Å². The molecule has 216 valence electrons. The van der Waals surface area contributed by atoms with E-state index in [0.717, 1.165) is 38.5 Å². The van der Waals surface area contributed by atoms with Gasteiger partial charge in [0.05, 0.1) is 25.2 Å². The summed E-state index contributed by atoms with van der Waals surface area (Å²) < 4.78 is 10.3. The Balaban J connectivity index is 1.64. The number of hydrogen-bond acceptors (Lipinski definition) is 6. The Morgan fingerprint density at radius 1 is 0.923 bits per heavy atom. The maximum atomic E-state index is 14.5. The molecule has 3 saturated carbocycles. The highest BCUT2D eigenvalue weighted by Crippen LogP contribution is 2.75.